The molecule has 0 saturated heterocycles. The minimum Gasteiger partial charge on any atom is -0.389 e. The van der Waals surface area contributed by atoms with Crippen LogP contribution in [0.3, 0.4) is 0 Å². The molecule has 0 fully saturated rings. The van der Waals surface area contributed by atoms with E-state index in [2.05, 4.69) is 5.32 Å². The average molecular weight is 236 g/mol. The molecule has 1 rings (SSSR count). The molecule has 1 aromatic rings. The number of rotatable bonds is 4. The topological polar surface area (TPSA) is 75.3 Å². The number of nitrogens with one attached hydrogen (secondary N) is 1. The van der Waals surface area contributed by atoms with Crippen molar-refractivity contribution in [1.29, 1.82) is 0 Å². The van der Waals surface area contributed by atoms with Gasteiger partial charge in [-0.3, -0.25) is 4.79 Å². The lowest BCUT2D eigenvalue weighted by Gasteiger charge is -2.17. The summed E-state index contributed by atoms with van der Waals surface area (Å²) in [6.45, 7) is 5.49. The van der Waals surface area contributed by atoms with E-state index in [4.69, 9.17) is 5.73 Å². The zero-order valence-electron chi connectivity index (χ0n) is 10.5. The number of carbonyl (C=O) groups excluding carboxylic acids is 1. The van der Waals surface area contributed by atoms with Crippen molar-refractivity contribution in [3.8, 4) is 0 Å². The lowest BCUT2D eigenvalue weighted by Crippen LogP contribution is -2.48. The van der Waals surface area contributed by atoms with E-state index in [9.17, 15) is 9.90 Å². The minimum absolute atomic E-state index is 0.183. The highest BCUT2D eigenvalue weighted by Gasteiger charge is 2.20. The molecule has 1 atom stereocenters. The van der Waals surface area contributed by atoms with Gasteiger partial charge >= 0.3 is 0 Å². The molecule has 0 bridgehead atoms. The van der Waals surface area contributed by atoms with Gasteiger partial charge in [-0.1, -0.05) is 24.3 Å². The van der Waals surface area contributed by atoms with Crippen LogP contribution in [0.1, 0.15) is 38.0 Å². The molecule has 4 heteroatoms. The van der Waals surface area contributed by atoms with Crippen molar-refractivity contribution < 1.29 is 9.90 Å². The first-order chi connectivity index (χ1) is 7.80. The van der Waals surface area contributed by atoms with Crippen molar-refractivity contribution in [3.63, 3.8) is 0 Å². The van der Waals surface area contributed by atoms with E-state index in [1.165, 1.54) is 0 Å². The largest absolute Gasteiger partial charge is 0.389 e. The maximum atomic E-state index is 11.5. The number of aliphatic hydroxyl groups excluding tert-OH is 1. The molecule has 4 N–H and O–H groups in total. The second-order valence-electron chi connectivity index (χ2n) is 4.82. The first kappa shape index (κ1) is 13.7. The highest BCUT2D eigenvalue weighted by molar-refractivity contribution is 5.84. The highest BCUT2D eigenvalue weighted by Crippen LogP contribution is 2.12. The summed E-state index contributed by atoms with van der Waals surface area (Å²) in [6, 6.07) is 7.46. The van der Waals surface area contributed by atoms with Crippen molar-refractivity contribution in [2.75, 3.05) is 0 Å². The molecule has 1 unspecified atom stereocenters. The molecule has 0 spiro atoms. The van der Waals surface area contributed by atoms with Gasteiger partial charge < -0.3 is 16.2 Å². The van der Waals surface area contributed by atoms with E-state index >= 15 is 0 Å². The van der Waals surface area contributed by atoms with Crippen LogP contribution in [-0.2, 0) is 11.3 Å². The Bertz CT molecular complexity index is 377. The van der Waals surface area contributed by atoms with Gasteiger partial charge in [0, 0.05) is 6.54 Å². The molecule has 0 aliphatic heterocycles. The van der Waals surface area contributed by atoms with Crippen LogP contribution >= 0.6 is 0 Å². The van der Waals surface area contributed by atoms with Gasteiger partial charge in [-0.15, -0.1) is 0 Å². The van der Waals surface area contributed by atoms with E-state index in [0.717, 1.165) is 11.1 Å². The summed E-state index contributed by atoms with van der Waals surface area (Å²) < 4.78 is 0. The van der Waals surface area contributed by atoms with Crippen molar-refractivity contribution >= 4 is 5.91 Å². The quantitative estimate of drug-likeness (QED) is 0.732. The third kappa shape index (κ3) is 4.17. The summed E-state index contributed by atoms with van der Waals surface area (Å²) in [7, 11) is 0. The van der Waals surface area contributed by atoms with Crippen LogP contribution in [0.2, 0.25) is 0 Å². The maximum Gasteiger partial charge on any atom is 0.239 e. The van der Waals surface area contributed by atoms with Crippen LogP contribution in [0.4, 0.5) is 0 Å². The Morgan fingerprint density at radius 2 is 1.94 bits per heavy atom. The van der Waals surface area contributed by atoms with E-state index in [1.807, 2.05) is 24.3 Å². The van der Waals surface area contributed by atoms with Gasteiger partial charge in [0.15, 0.2) is 0 Å². The number of amides is 1. The Hall–Kier alpha value is -1.39. The Balaban J connectivity index is 2.56. The highest BCUT2D eigenvalue weighted by atomic mass is 16.3. The van der Waals surface area contributed by atoms with Crippen LogP contribution in [0, 0.1) is 0 Å². The maximum absolute atomic E-state index is 11.5. The lowest BCUT2D eigenvalue weighted by atomic mass is 10.1. The molecule has 17 heavy (non-hydrogen) atoms. The number of benzene rings is 1. The summed E-state index contributed by atoms with van der Waals surface area (Å²) in [5, 5.41) is 12.1. The predicted molar refractivity (Wildman–Crippen MR) is 67.2 cm³/mol. The van der Waals surface area contributed by atoms with E-state index < -0.39 is 11.6 Å². The third-order valence-corrected chi connectivity index (χ3v) is 2.50. The normalized spacial score (nSPS) is 13.2. The minimum atomic E-state index is -0.862. The van der Waals surface area contributed by atoms with Gasteiger partial charge in [-0.05, 0) is 31.9 Å². The standard InChI is InChI=1S/C13H20N2O2/c1-9(16)11-6-4-10(5-7-11)8-15-12(17)13(2,3)14/h4-7,9,16H,8,14H2,1-3H3,(H,15,17). The molecule has 94 valence electrons. The van der Waals surface area contributed by atoms with E-state index in [1.54, 1.807) is 20.8 Å². The first-order valence-corrected chi connectivity index (χ1v) is 5.65. The molecule has 4 nitrogen and oxygen atoms in total. The van der Waals surface area contributed by atoms with Gasteiger partial charge in [-0.2, -0.15) is 0 Å². The van der Waals surface area contributed by atoms with E-state index in [-0.39, 0.29) is 5.91 Å². The van der Waals surface area contributed by atoms with Crippen LogP contribution in [0.5, 0.6) is 0 Å². The Kier molecular flexibility index (Phi) is 4.26. The lowest BCUT2D eigenvalue weighted by molar-refractivity contribution is -0.125. The average Bonchev–Trinajstić information content (AvgIpc) is 2.25. The van der Waals surface area contributed by atoms with Crippen molar-refractivity contribution in [2.45, 2.75) is 39.0 Å². The monoisotopic (exact) mass is 236 g/mol. The number of hydrogen-bond acceptors (Lipinski definition) is 3. The van der Waals surface area contributed by atoms with Gasteiger partial charge in [0.25, 0.3) is 0 Å². The Morgan fingerprint density at radius 1 is 1.41 bits per heavy atom. The molecule has 0 aromatic heterocycles. The zero-order chi connectivity index (χ0) is 13.1. The fraction of sp³-hybridized carbons (Fsp3) is 0.462. The molecule has 0 heterocycles. The molecule has 0 aliphatic rings. The van der Waals surface area contributed by atoms with Crippen molar-refractivity contribution in [1.82, 2.24) is 5.32 Å². The summed E-state index contributed by atoms with van der Waals surface area (Å²) in [5.74, 6) is -0.183. The van der Waals surface area contributed by atoms with Crippen molar-refractivity contribution in [2.24, 2.45) is 5.73 Å². The van der Waals surface area contributed by atoms with Crippen LogP contribution < -0.4 is 11.1 Å². The first-order valence-electron chi connectivity index (χ1n) is 5.65. The zero-order valence-corrected chi connectivity index (χ0v) is 10.5. The van der Waals surface area contributed by atoms with Crippen LogP contribution in [0.15, 0.2) is 24.3 Å². The van der Waals surface area contributed by atoms with Crippen LogP contribution in [-0.4, -0.2) is 16.6 Å². The predicted octanol–water partition coefficient (Wildman–Crippen LogP) is 1.09. The SMILES string of the molecule is CC(O)c1ccc(CNC(=O)C(C)(C)N)cc1. The summed E-state index contributed by atoms with van der Waals surface area (Å²) in [6.07, 6.45) is -0.471. The Morgan fingerprint density at radius 3 is 2.35 bits per heavy atom. The second kappa shape index (κ2) is 5.29. The molecule has 0 radical (unpaired) electrons. The fourth-order valence-corrected chi connectivity index (χ4v) is 1.32. The van der Waals surface area contributed by atoms with Gasteiger partial charge in [0.2, 0.25) is 5.91 Å². The molecule has 1 amide bonds. The van der Waals surface area contributed by atoms with Gasteiger partial charge in [0.1, 0.15) is 0 Å². The summed E-state index contributed by atoms with van der Waals surface area (Å²) >= 11 is 0. The van der Waals surface area contributed by atoms with Gasteiger partial charge in [-0.25, -0.2) is 0 Å². The van der Waals surface area contributed by atoms with Crippen LogP contribution in [0.25, 0.3) is 0 Å². The molecular formula is C13H20N2O2. The summed E-state index contributed by atoms with van der Waals surface area (Å²) in [4.78, 5) is 11.5. The molecule has 1 aromatic carbocycles. The molecule has 0 aliphatic carbocycles. The number of aliphatic hydroxyl groups is 1. The smallest absolute Gasteiger partial charge is 0.239 e. The number of hydrogen-bond donors (Lipinski definition) is 3. The number of carbonyl (C=O) groups is 1. The van der Waals surface area contributed by atoms with Gasteiger partial charge in [0.05, 0.1) is 11.6 Å². The Labute approximate surface area is 102 Å². The van der Waals surface area contributed by atoms with Crippen molar-refractivity contribution in [3.05, 3.63) is 35.4 Å². The molecular weight excluding hydrogens is 216 g/mol. The fourth-order valence-electron chi connectivity index (χ4n) is 1.32. The van der Waals surface area contributed by atoms with E-state index in [0.29, 0.717) is 6.54 Å². The number of nitrogens with two attached hydrogens (primary N) is 1. The third-order valence-electron chi connectivity index (χ3n) is 2.50. The second-order valence-corrected chi connectivity index (χ2v) is 4.82. The molecule has 0 saturated carbocycles. The summed E-state index contributed by atoms with van der Waals surface area (Å²) in [5.41, 5.74) is 6.64.